The molecule has 0 unspecified atom stereocenters. The van der Waals surface area contributed by atoms with Crippen molar-refractivity contribution in [1.82, 2.24) is 9.88 Å². The number of piperazine rings is 1. The van der Waals surface area contributed by atoms with Crippen molar-refractivity contribution in [2.75, 3.05) is 45.2 Å². The van der Waals surface area contributed by atoms with Gasteiger partial charge in [-0.1, -0.05) is 0 Å². The monoisotopic (exact) mass is 299 g/mol. The third-order valence-electron chi connectivity index (χ3n) is 3.39. The molecule has 0 aliphatic carbocycles. The number of methoxy groups -OCH3 is 1. The number of nitrogens with zero attached hydrogens (tertiary/aromatic N) is 3. The highest BCUT2D eigenvalue weighted by molar-refractivity contribution is 7.15. The minimum Gasteiger partial charge on any atom is -0.481 e. The van der Waals surface area contributed by atoms with Crippen molar-refractivity contribution in [3.05, 3.63) is 10.6 Å². The standard InChI is InChI=1S/C13H21N3O3S/c1-15-5-7-16(8-6-15)13-14-10(9-19-2)11(20-13)3-4-12(17)18/h3-9H2,1-2H3,(H,17,18). The highest BCUT2D eigenvalue weighted by Crippen LogP contribution is 2.28. The quantitative estimate of drug-likeness (QED) is 0.847. The van der Waals surface area contributed by atoms with Crippen LogP contribution in [0.4, 0.5) is 5.13 Å². The van der Waals surface area contributed by atoms with E-state index in [1.165, 1.54) is 0 Å². The third kappa shape index (κ3) is 3.91. The first-order chi connectivity index (χ1) is 9.60. The lowest BCUT2D eigenvalue weighted by Gasteiger charge is -2.32. The molecule has 20 heavy (non-hydrogen) atoms. The summed E-state index contributed by atoms with van der Waals surface area (Å²) in [5.74, 6) is -0.775. The van der Waals surface area contributed by atoms with Crippen LogP contribution in [0.25, 0.3) is 0 Å². The highest BCUT2D eigenvalue weighted by atomic mass is 32.1. The Balaban J connectivity index is 2.09. The van der Waals surface area contributed by atoms with E-state index >= 15 is 0 Å². The lowest BCUT2D eigenvalue weighted by molar-refractivity contribution is -0.136. The van der Waals surface area contributed by atoms with Gasteiger partial charge in [0.25, 0.3) is 0 Å². The minimum atomic E-state index is -0.775. The number of aryl methyl sites for hydroxylation is 1. The van der Waals surface area contributed by atoms with Crippen LogP contribution in [-0.4, -0.2) is 61.3 Å². The molecule has 112 valence electrons. The van der Waals surface area contributed by atoms with Gasteiger partial charge >= 0.3 is 5.97 Å². The lowest BCUT2D eigenvalue weighted by atomic mass is 10.2. The van der Waals surface area contributed by atoms with Gasteiger partial charge in [0.05, 0.1) is 18.7 Å². The average molecular weight is 299 g/mol. The van der Waals surface area contributed by atoms with Crippen molar-refractivity contribution < 1.29 is 14.6 Å². The normalized spacial score (nSPS) is 16.6. The molecule has 0 aromatic carbocycles. The molecule has 2 rings (SSSR count). The second kappa shape index (κ2) is 7.01. The average Bonchev–Trinajstić information content (AvgIpc) is 2.81. The Hall–Kier alpha value is -1.18. The zero-order chi connectivity index (χ0) is 14.5. The molecule has 0 amide bonds. The van der Waals surface area contributed by atoms with Gasteiger partial charge in [0.1, 0.15) is 0 Å². The van der Waals surface area contributed by atoms with E-state index in [0.717, 1.165) is 41.9 Å². The number of ether oxygens (including phenoxy) is 1. The van der Waals surface area contributed by atoms with Crippen molar-refractivity contribution in [3.63, 3.8) is 0 Å². The van der Waals surface area contributed by atoms with Gasteiger partial charge in [-0.15, -0.1) is 11.3 Å². The summed E-state index contributed by atoms with van der Waals surface area (Å²) >= 11 is 1.60. The molecule has 0 atom stereocenters. The van der Waals surface area contributed by atoms with Crippen LogP contribution in [0.3, 0.4) is 0 Å². The van der Waals surface area contributed by atoms with E-state index < -0.39 is 5.97 Å². The second-order valence-electron chi connectivity index (χ2n) is 4.98. The van der Waals surface area contributed by atoms with Gasteiger partial charge in [-0.05, 0) is 13.5 Å². The number of likely N-dealkylation sites (N-methyl/N-ethyl adjacent to an activating group) is 1. The maximum atomic E-state index is 10.7. The Morgan fingerprint density at radius 2 is 2.10 bits per heavy atom. The topological polar surface area (TPSA) is 65.9 Å². The summed E-state index contributed by atoms with van der Waals surface area (Å²) in [7, 11) is 3.75. The van der Waals surface area contributed by atoms with Crippen molar-refractivity contribution in [3.8, 4) is 0 Å². The number of anilines is 1. The highest BCUT2D eigenvalue weighted by Gasteiger charge is 2.20. The molecule has 1 aliphatic rings. The van der Waals surface area contributed by atoms with Gasteiger partial charge in [0, 0.05) is 38.2 Å². The number of hydrogen-bond donors (Lipinski definition) is 1. The maximum absolute atomic E-state index is 10.7. The second-order valence-corrected chi connectivity index (χ2v) is 6.05. The number of aliphatic carboxylic acids is 1. The smallest absolute Gasteiger partial charge is 0.303 e. The molecule has 1 saturated heterocycles. The third-order valence-corrected chi connectivity index (χ3v) is 4.61. The molecule has 2 heterocycles. The van der Waals surface area contributed by atoms with Gasteiger partial charge in [-0.2, -0.15) is 0 Å². The Kier molecular flexibility index (Phi) is 5.33. The first kappa shape index (κ1) is 15.2. The SMILES string of the molecule is COCc1nc(N2CCN(C)CC2)sc1CCC(=O)O. The van der Waals surface area contributed by atoms with Crippen LogP contribution in [0.1, 0.15) is 17.0 Å². The molecule has 1 aromatic heterocycles. The first-order valence-electron chi connectivity index (χ1n) is 6.73. The first-order valence-corrected chi connectivity index (χ1v) is 7.54. The summed E-state index contributed by atoms with van der Waals surface area (Å²) in [4.78, 5) is 21.0. The molecule has 0 radical (unpaired) electrons. The molecular formula is C13H21N3O3S. The Bertz CT molecular complexity index is 456. The van der Waals surface area contributed by atoms with E-state index in [9.17, 15) is 4.79 Å². The predicted octanol–water partition coefficient (Wildman–Crippen LogP) is 1.06. The van der Waals surface area contributed by atoms with Crippen LogP contribution in [0.15, 0.2) is 0 Å². The fourth-order valence-corrected chi connectivity index (χ4v) is 3.28. The number of aromatic nitrogens is 1. The molecular weight excluding hydrogens is 278 g/mol. The van der Waals surface area contributed by atoms with Crippen LogP contribution in [-0.2, 0) is 22.6 Å². The van der Waals surface area contributed by atoms with Gasteiger partial charge < -0.3 is 19.6 Å². The van der Waals surface area contributed by atoms with Crippen molar-refractivity contribution in [1.29, 1.82) is 0 Å². The fourth-order valence-electron chi connectivity index (χ4n) is 2.17. The molecule has 1 N–H and O–H groups in total. The molecule has 7 heteroatoms. The Morgan fingerprint density at radius 1 is 1.40 bits per heavy atom. The van der Waals surface area contributed by atoms with Crippen LogP contribution < -0.4 is 4.90 Å². The number of carboxylic acids is 1. The number of hydrogen-bond acceptors (Lipinski definition) is 6. The van der Waals surface area contributed by atoms with Crippen molar-refractivity contribution in [2.45, 2.75) is 19.4 Å². The molecule has 1 aromatic rings. The van der Waals surface area contributed by atoms with Crippen molar-refractivity contribution >= 4 is 22.4 Å². The van der Waals surface area contributed by atoms with E-state index in [1.807, 2.05) is 0 Å². The molecule has 0 bridgehead atoms. The summed E-state index contributed by atoms with van der Waals surface area (Å²) in [5, 5.41) is 9.81. The van der Waals surface area contributed by atoms with Gasteiger partial charge in [-0.25, -0.2) is 4.98 Å². The van der Waals surface area contributed by atoms with E-state index in [0.29, 0.717) is 13.0 Å². The van der Waals surface area contributed by atoms with Crippen LogP contribution in [0.2, 0.25) is 0 Å². The number of rotatable bonds is 6. The Morgan fingerprint density at radius 3 is 2.70 bits per heavy atom. The minimum absolute atomic E-state index is 0.140. The molecule has 1 fully saturated rings. The van der Waals surface area contributed by atoms with Gasteiger partial charge in [-0.3, -0.25) is 4.79 Å². The summed E-state index contributed by atoms with van der Waals surface area (Å²) < 4.78 is 5.16. The maximum Gasteiger partial charge on any atom is 0.303 e. The van der Waals surface area contributed by atoms with Crippen LogP contribution >= 0.6 is 11.3 Å². The summed E-state index contributed by atoms with van der Waals surface area (Å²) in [6, 6.07) is 0. The lowest BCUT2D eigenvalue weighted by Crippen LogP contribution is -2.44. The van der Waals surface area contributed by atoms with Crippen LogP contribution in [0, 0.1) is 0 Å². The number of carboxylic acid groups (broad SMARTS) is 1. The Labute approximate surface area is 123 Å². The van der Waals surface area contributed by atoms with Crippen molar-refractivity contribution in [2.24, 2.45) is 0 Å². The van der Waals surface area contributed by atoms with Crippen LogP contribution in [0.5, 0.6) is 0 Å². The van der Waals surface area contributed by atoms with E-state index in [-0.39, 0.29) is 6.42 Å². The summed E-state index contributed by atoms with van der Waals surface area (Å²) in [6.45, 7) is 4.44. The largest absolute Gasteiger partial charge is 0.481 e. The molecule has 6 nitrogen and oxygen atoms in total. The number of carbonyl (C=O) groups is 1. The van der Waals surface area contributed by atoms with E-state index in [4.69, 9.17) is 9.84 Å². The van der Waals surface area contributed by atoms with E-state index in [1.54, 1.807) is 18.4 Å². The summed E-state index contributed by atoms with van der Waals surface area (Å²) in [5.41, 5.74) is 0.882. The molecule has 1 aliphatic heterocycles. The predicted molar refractivity (Wildman–Crippen MR) is 78.5 cm³/mol. The van der Waals surface area contributed by atoms with Gasteiger partial charge in [0.2, 0.25) is 0 Å². The number of thiazole rings is 1. The van der Waals surface area contributed by atoms with E-state index in [2.05, 4.69) is 21.8 Å². The zero-order valence-electron chi connectivity index (χ0n) is 12.0. The zero-order valence-corrected chi connectivity index (χ0v) is 12.8. The molecule has 0 saturated carbocycles. The molecule has 0 spiro atoms. The van der Waals surface area contributed by atoms with Gasteiger partial charge in [0.15, 0.2) is 5.13 Å². The fraction of sp³-hybridized carbons (Fsp3) is 0.692. The summed E-state index contributed by atoms with van der Waals surface area (Å²) in [6.07, 6.45) is 0.667.